The van der Waals surface area contributed by atoms with Gasteiger partial charge >= 0.3 is 5.97 Å². The number of aliphatic carboxylic acids is 1. The summed E-state index contributed by atoms with van der Waals surface area (Å²) in [6.45, 7) is 3.25. The van der Waals surface area contributed by atoms with E-state index in [2.05, 4.69) is 0 Å². The third-order valence-electron chi connectivity index (χ3n) is 3.01. The van der Waals surface area contributed by atoms with Gasteiger partial charge in [0.1, 0.15) is 0 Å². The monoisotopic (exact) mass is 200 g/mol. The summed E-state index contributed by atoms with van der Waals surface area (Å²) in [6, 6.07) is 0. The molecule has 0 aromatic rings. The number of ether oxygens (including phenoxy) is 1. The van der Waals surface area contributed by atoms with Gasteiger partial charge in [-0.25, -0.2) is 0 Å². The minimum absolute atomic E-state index is 0.177. The Kier molecular flexibility index (Phi) is 4.94. The Morgan fingerprint density at radius 3 is 2.71 bits per heavy atom. The summed E-state index contributed by atoms with van der Waals surface area (Å²) in [5, 5.41) is 9.08. The van der Waals surface area contributed by atoms with Crippen molar-refractivity contribution in [2.45, 2.75) is 39.0 Å². The van der Waals surface area contributed by atoms with Crippen molar-refractivity contribution in [2.75, 3.05) is 13.2 Å². The molecule has 0 bridgehead atoms. The van der Waals surface area contributed by atoms with Crippen LogP contribution in [-0.4, -0.2) is 24.3 Å². The zero-order valence-electron chi connectivity index (χ0n) is 8.87. The zero-order chi connectivity index (χ0) is 10.4. The Bertz CT molecular complexity index is 179. The van der Waals surface area contributed by atoms with Gasteiger partial charge < -0.3 is 9.84 Å². The molecule has 3 heteroatoms. The Balaban J connectivity index is 2.50. The second-order valence-electron chi connectivity index (χ2n) is 4.00. The molecular weight excluding hydrogens is 180 g/mol. The minimum Gasteiger partial charge on any atom is -0.481 e. The fraction of sp³-hybridized carbons (Fsp3) is 0.909. The van der Waals surface area contributed by atoms with Gasteiger partial charge in [-0.2, -0.15) is 0 Å². The molecule has 0 aromatic heterocycles. The van der Waals surface area contributed by atoms with Gasteiger partial charge in [-0.15, -0.1) is 0 Å². The maximum atomic E-state index is 11.0. The van der Waals surface area contributed by atoms with E-state index in [1.165, 1.54) is 6.42 Å². The summed E-state index contributed by atoms with van der Waals surface area (Å²) < 4.78 is 5.35. The molecule has 2 atom stereocenters. The van der Waals surface area contributed by atoms with Crippen LogP contribution in [0.15, 0.2) is 0 Å². The Hall–Kier alpha value is -0.570. The van der Waals surface area contributed by atoms with Crippen LogP contribution in [0, 0.1) is 11.8 Å². The van der Waals surface area contributed by atoms with E-state index in [-0.39, 0.29) is 11.8 Å². The van der Waals surface area contributed by atoms with E-state index in [4.69, 9.17) is 9.84 Å². The van der Waals surface area contributed by atoms with Gasteiger partial charge in [0.2, 0.25) is 0 Å². The highest BCUT2D eigenvalue weighted by molar-refractivity contribution is 5.70. The zero-order valence-corrected chi connectivity index (χ0v) is 8.87. The van der Waals surface area contributed by atoms with E-state index in [9.17, 15) is 4.79 Å². The van der Waals surface area contributed by atoms with Crippen LogP contribution in [-0.2, 0) is 9.53 Å². The lowest BCUT2D eigenvalue weighted by molar-refractivity contribution is -0.144. The fourth-order valence-corrected chi connectivity index (χ4v) is 2.18. The Labute approximate surface area is 85.5 Å². The van der Waals surface area contributed by atoms with Gasteiger partial charge in [0.25, 0.3) is 0 Å². The van der Waals surface area contributed by atoms with E-state index in [1.807, 2.05) is 6.92 Å². The van der Waals surface area contributed by atoms with Gasteiger partial charge in [-0.05, 0) is 25.7 Å². The fourth-order valence-electron chi connectivity index (χ4n) is 2.18. The first-order chi connectivity index (χ1) is 6.75. The van der Waals surface area contributed by atoms with E-state index < -0.39 is 5.97 Å². The summed E-state index contributed by atoms with van der Waals surface area (Å²) in [7, 11) is 0. The lowest BCUT2D eigenvalue weighted by Gasteiger charge is -2.20. The third-order valence-corrected chi connectivity index (χ3v) is 3.01. The molecule has 0 saturated heterocycles. The van der Waals surface area contributed by atoms with Crippen molar-refractivity contribution in [1.82, 2.24) is 0 Å². The second kappa shape index (κ2) is 6.02. The molecule has 0 heterocycles. The van der Waals surface area contributed by atoms with Crippen LogP contribution in [0.5, 0.6) is 0 Å². The predicted molar refractivity (Wildman–Crippen MR) is 54.2 cm³/mol. The van der Waals surface area contributed by atoms with Crippen LogP contribution < -0.4 is 0 Å². The topological polar surface area (TPSA) is 46.5 Å². The molecule has 1 N–H and O–H groups in total. The van der Waals surface area contributed by atoms with E-state index in [0.29, 0.717) is 13.2 Å². The van der Waals surface area contributed by atoms with Crippen molar-refractivity contribution in [3.05, 3.63) is 0 Å². The van der Waals surface area contributed by atoms with Gasteiger partial charge in [-0.1, -0.05) is 19.3 Å². The van der Waals surface area contributed by atoms with Gasteiger partial charge in [0.05, 0.1) is 12.5 Å². The molecule has 0 aliphatic heterocycles. The number of hydrogen-bond acceptors (Lipinski definition) is 2. The smallest absolute Gasteiger partial charge is 0.306 e. The van der Waals surface area contributed by atoms with Crippen LogP contribution in [0.25, 0.3) is 0 Å². The van der Waals surface area contributed by atoms with Gasteiger partial charge in [0, 0.05) is 6.61 Å². The molecular formula is C11H20O3. The summed E-state index contributed by atoms with van der Waals surface area (Å²) >= 11 is 0. The predicted octanol–water partition coefficient (Wildman–Crippen LogP) is 2.30. The van der Waals surface area contributed by atoms with E-state index in [0.717, 1.165) is 25.7 Å². The standard InChI is InChI=1S/C11H20O3/c1-2-14-8-9-6-4-3-5-7-10(9)11(12)13/h9-10H,2-8H2,1H3,(H,12,13). The van der Waals surface area contributed by atoms with Crippen molar-refractivity contribution >= 4 is 5.97 Å². The molecule has 1 aliphatic rings. The maximum Gasteiger partial charge on any atom is 0.306 e. The highest BCUT2D eigenvalue weighted by Gasteiger charge is 2.29. The summed E-state index contributed by atoms with van der Waals surface area (Å²) in [5.74, 6) is -0.587. The highest BCUT2D eigenvalue weighted by Crippen LogP contribution is 2.29. The van der Waals surface area contributed by atoms with Crippen LogP contribution in [0.4, 0.5) is 0 Å². The Morgan fingerprint density at radius 1 is 1.36 bits per heavy atom. The van der Waals surface area contributed by atoms with E-state index >= 15 is 0 Å². The first-order valence-corrected chi connectivity index (χ1v) is 5.56. The summed E-state index contributed by atoms with van der Waals surface area (Å²) in [5.41, 5.74) is 0. The average Bonchev–Trinajstić information content (AvgIpc) is 2.39. The first kappa shape index (κ1) is 11.5. The van der Waals surface area contributed by atoms with Crippen molar-refractivity contribution in [1.29, 1.82) is 0 Å². The molecule has 1 fully saturated rings. The number of rotatable bonds is 4. The number of carboxylic acid groups (broad SMARTS) is 1. The Morgan fingerprint density at radius 2 is 2.07 bits per heavy atom. The van der Waals surface area contributed by atoms with Crippen LogP contribution in [0.1, 0.15) is 39.0 Å². The quantitative estimate of drug-likeness (QED) is 0.708. The summed E-state index contributed by atoms with van der Waals surface area (Å²) in [6.07, 6.45) is 5.22. The number of carboxylic acids is 1. The van der Waals surface area contributed by atoms with Crippen LogP contribution >= 0.6 is 0 Å². The molecule has 1 aliphatic carbocycles. The van der Waals surface area contributed by atoms with Gasteiger partial charge in [0.15, 0.2) is 0 Å². The highest BCUT2D eigenvalue weighted by atomic mass is 16.5. The normalized spacial score (nSPS) is 28.4. The molecule has 1 saturated carbocycles. The van der Waals surface area contributed by atoms with Gasteiger partial charge in [-0.3, -0.25) is 4.79 Å². The number of carbonyl (C=O) groups is 1. The first-order valence-electron chi connectivity index (χ1n) is 5.56. The van der Waals surface area contributed by atoms with Crippen LogP contribution in [0.3, 0.4) is 0 Å². The van der Waals surface area contributed by atoms with E-state index in [1.54, 1.807) is 0 Å². The lowest BCUT2D eigenvalue weighted by Crippen LogP contribution is -2.26. The van der Waals surface area contributed by atoms with Crippen molar-refractivity contribution in [3.8, 4) is 0 Å². The molecule has 0 spiro atoms. The third kappa shape index (κ3) is 3.29. The largest absolute Gasteiger partial charge is 0.481 e. The molecule has 82 valence electrons. The van der Waals surface area contributed by atoms with Crippen LogP contribution in [0.2, 0.25) is 0 Å². The molecule has 3 nitrogen and oxygen atoms in total. The number of hydrogen-bond donors (Lipinski definition) is 1. The molecule has 2 unspecified atom stereocenters. The molecule has 0 amide bonds. The minimum atomic E-state index is -0.642. The SMILES string of the molecule is CCOCC1CCCCCC1C(=O)O. The van der Waals surface area contributed by atoms with Crippen molar-refractivity contribution in [2.24, 2.45) is 11.8 Å². The van der Waals surface area contributed by atoms with Crippen molar-refractivity contribution in [3.63, 3.8) is 0 Å². The summed E-state index contributed by atoms with van der Waals surface area (Å²) in [4.78, 5) is 11.0. The second-order valence-corrected chi connectivity index (χ2v) is 4.00. The molecule has 0 aromatic carbocycles. The average molecular weight is 200 g/mol. The molecule has 1 rings (SSSR count). The maximum absolute atomic E-state index is 11.0. The van der Waals surface area contributed by atoms with Crippen molar-refractivity contribution < 1.29 is 14.6 Å². The lowest BCUT2D eigenvalue weighted by atomic mass is 9.89. The molecule has 0 radical (unpaired) electrons. The molecule has 14 heavy (non-hydrogen) atoms.